The van der Waals surface area contributed by atoms with Crippen LogP contribution in [0, 0.1) is 0 Å². The van der Waals surface area contributed by atoms with Gasteiger partial charge in [0.05, 0.1) is 34.0 Å². The van der Waals surface area contributed by atoms with Crippen LogP contribution < -0.4 is 10.6 Å². The van der Waals surface area contributed by atoms with E-state index in [2.05, 4.69) is 10.6 Å². The van der Waals surface area contributed by atoms with Crippen molar-refractivity contribution in [2.45, 2.75) is 9.79 Å². The van der Waals surface area contributed by atoms with Crippen LogP contribution in [-0.4, -0.2) is 45.5 Å². The van der Waals surface area contributed by atoms with Gasteiger partial charge in [0.2, 0.25) is 11.8 Å². The first kappa shape index (κ1) is 19.8. The average molecular weight is 418 g/mol. The number of benzene rings is 2. The normalized spacial score (nSPS) is 14.4. The summed E-state index contributed by atoms with van der Waals surface area (Å²) in [6.07, 6.45) is 0. The Labute approximate surface area is 167 Å². The van der Waals surface area contributed by atoms with E-state index in [0.29, 0.717) is 22.9 Å². The zero-order valence-electron chi connectivity index (χ0n) is 14.2. The molecule has 0 fully saturated rings. The van der Waals surface area contributed by atoms with Crippen LogP contribution in [-0.2, 0) is 9.59 Å². The van der Waals surface area contributed by atoms with Crippen LogP contribution in [0.25, 0.3) is 0 Å². The maximum absolute atomic E-state index is 11.0. The number of carbonyl (C=O) groups is 4. The van der Waals surface area contributed by atoms with E-state index < -0.39 is 11.9 Å². The number of carboxylic acid groups (broad SMARTS) is 2. The van der Waals surface area contributed by atoms with Crippen molar-refractivity contribution in [3.05, 3.63) is 47.5 Å². The molecule has 2 amide bonds. The van der Waals surface area contributed by atoms with E-state index in [9.17, 15) is 19.2 Å². The molecule has 2 aromatic carbocycles. The number of nitrogens with one attached hydrogen (secondary N) is 2. The lowest BCUT2D eigenvalue weighted by Gasteiger charge is -2.16. The van der Waals surface area contributed by atoms with Gasteiger partial charge < -0.3 is 20.8 Å². The van der Waals surface area contributed by atoms with Crippen LogP contribution in [0.3, 0.4) is 0 Å². The number of fused-ring (bicyclic) bond motifs is 2. The maximum Gasteiger partial charge on any atom is 0.335 e. The molecule has 144 valence electrons. The molecule has 0 bridgehead atoms. The highest BCUT2D eigenvalue weighted by Gasteiger charge is 2.17. The minimum absolute atomic E-state index is 0.0926. The van der Waals surface area contributed by atoms with Crippen LogP contribution in [0.1, 0.15) is 20.7 Å². The molecule has 0 saturated carbocycles. The summed E-state index contributed by atoms with van der Waals surface area (Å²) in [5.74, 6) is -1.39. The van der Waals surface area contributed by atoms with E-state index in [0.717, 1.165) is 9.79 Å². The molecule has 0 radical (unpaired) electrons. The van der Waals surface area contributed by atoms with Crippen LogP contribution >= 0.6 is 23.5 Å². The summed E-state index contributed by atoms with van der Waals surface area (Å²) in [7, 11) is 0. The predicted molar refractivity (Wildman–Crippen MR) is 106 cm³/mol. The van der Waals surface area contributed by atoms with Gasteiger partial charge in [-0.3, -0.25) is 9.59 Å². The van der Waals surface area contributed by atoms with Gasteiger partial charge in [0.1, 0.15) is 0 Å². The Kier molecular flexibility index (Phi) is 5.90. The van der Waals surface area contributed by atoms with Crippen LogP contribution in [0.4, 0.5) is 11.4 Å². The zero-order chi connectivity index (χ0) is 20.3. The highest BCUT2D eigenvalue weighted by atomic mass is 32.2. The standard InChI is InChI=1S/2C9H7NO3S/c2*11-8-4-14-7-2-1-5(9(12)13)3-6(7)10-8/h2*1-3H,4H2,(H,10,11)(H,12,13). The Morgan fingerprint density at radius 2 is 1.14 bits per heavy atom. The van der Waals surface area contributed by atoms with Gasteiger partial charge in [-0.1, -0.05) is 0 Å². The Morgan fingerprint density at radius 3 is 1.50 bits per heavy atom. The predicted octanol–water partition coefficient (Wildman–Crippen LogP) is 2.86. The molecule has 4 N–H and O–H groups in total. The Balaban J connectivity index is 0.000000161. The molecule has 0 aromatic heterocycles. The molecule has 4 rings (SSSR count). The summed E-state index contributed by atoms with van der Waals surface area (Å²) in [6, 6.07) is 9.44. The number of hydrogen-bond donors (Lipinski definition) is 4. The van der Waals surface area contributed by atoms with Gasteiger partial charge in [-0.05, 0) is 36.4 Å². The first-order valence-electron chi connectivity index (χ1n) is 7.93. The van der Waals surface area contributed by atoms with Crippen molar-refractivity contribution >= 4 is 58.7 Å². The lowest BCUT2D eigenvalue weighted by Crippen LogP contribution is -2.19. The van der Waals surface area contributed by atoms with E-state index in [1.165, 1.54) is 47.8 Å². The zero-order valence-corrected chi connectivity index (χ0v) is 15.9. The van der Waals surface area contributed by atoms with E-state index in [-0.39, 0.29) is 22.9 Å². The maximum atomic E-state index is 11.0. The Hall–Kier alpha value is -2.98. The van der Waals surface area contributed by atoms with Gasteiger partial charge in [-0.25, -0.2) is 9.59 Å². The largest absolute Gasteiger partial charge is 0.478 e. The number of carbonyl (C=O) groups excluding carboxylic acids is 2. The highest BCUT2D eigenvalue weighted by molar-refractivity contribution is 8.00. The Bertz CT molecular complexity index is 913. The van der Waals surface area contributed by atoms with Gasteiger partial charge in [-0.15, -0.1) is 23.5 Å². The number of carboxylic acids is 2. The SMILES string of the molecule is O=C1CSc2ccc(C(=O)O)cc2N1.O=C1CSc2ccc(C(=O)O)cc2N1. The lowest BCUT2D eigenvalue weighted by atomic mass is 10.2. The minimum Gasteiger partial charge on any atom is -0.478 e. The number of rotatable bonds is 2. The molecule has 0 spiro atoms. The fourth-order valence-electron chi connectivity index (χ4n) is 2.43. The number of hydrogen-bond acceptors (Lipinski definition) is 6. The van der Waals surface area contributed by atoms with Crippen molar-refractivity contribution in [1.29, 1.82) is 0 Å². The molecule has 2 aromatic rings. The summed E-state index contributed by atoms with van der Waals surface area (Å²) < 4.78 is 0. The molecule has 0 saturated heterocycles. The fourth-order valence-corrected chi connectivity index (χ4v) is 4.01. The van der Waals surface area contributed by atoms with Crippen molar-refractivity contribution in [2.75, 3.05) is 22.1 Å². The molecular weight excluding hydrogens is 404 g/mol. The molecule has 0 unspecified atom stereocenters. The number of aromatic carboxylic acids is 2. The number of thioether (sulfide) groups is 2. The van der Waals surface area contributed by atoms with Gasteiger partial charge in [0.25, 0.3) is 0 Å². The van der Waals surface area contributed by atoms with Crippen molar-refractivity contribution in [3.63, 3.8) is 0 Å². The quantitative estimate of drug-likeness (QED) is 0.585. The molecule has 2 heterocycles. The topological polar surface area (TPSA) is 133 Å². The van der Waals surface area contributed by atoms with Crippen LogP contribution in [0.5, 0.6) is 0 Å². The third kappa shape index (κ3) is 4.65. The van der Waals surface area contributed by atoms with Gasteiger partial charge in [-0.2, -0.15) is 0 Å². The highest BCUT2D eigenvalue weighted by Crippen LogP contribution is 2.32. The van der Waals surface area contributed by atoms with Crippen molar-refractivity contribution < 1.29 is 29.4 Å². The molecule has 0 atom stereocenters. The summed E-state index contributed by atoms with van der Waals surface area (Å²) in [4.78, 5) is 45.2. The second-order valence-corrected chi connectivity index (χ2v) is 7.74. The summed E-state index contributed by atoms with van der Waals surface area (Å²) >= 11 is 2.82. The number of amides is 2. The smallest absolute Gasteiger partial charge is 0.335 e. The molecule has 2 aliphatic heterocycles. The van der Waals surface area contributed by atoms with Gasteiger partial charge >= 0.3 is 11.9 Å². The van der Waals surface area contributed by atoms with Crippen LogP contribution in [0.15, 0.2) is 46.2 Å². The lowest BCUT2D eigenvalue weighted by molar-refractivity contribution is -0.114. The average Bonchev–Trinajstić information content (AvgIpc) is 2.67. The van der Waals surface area contributed by atoms with Gasteiger partial charge in [0, 0.05) is 9.79 Å². The molecule has 0 aliphatic carbocycles. The van der Waals surface area contributed by atoms with E-state index in [4.69, 9.17) is 10.2 Å². The third-order valence-corrected chi connectivity index (χ3v) is 5.87. The first-order valence-corrected chi connectivity index (χ1v) is 9.90. The first-order chi connectivity index (χ1) is 13.3. The van der Waals surface area contributed by atoms with Crippen LogP contribution in [0.2, 0.25) is 0 Å². The van der Waals surface area contributed by atoms with Gasteiger partial charge in [0.15, 0.2) is 0 Å². The third-order valence-electron chi connectivity index (χ3n) is 3.72. The molecule has 10 heteroatoms. The molecule has 8 nitrogen and oxygen atoms in total. The van der Waals surface area contributed by atoms with Crippen molar-refractivity contribution in [1.82, 2.24) is 0 Å². The molecule has 2 aliphatic rings. The second kappa shape index (κ2) is 8.36. The van der Waals surface area contributed by atoms with E-state index >= 15 is 0 Å². The minimum atomic E-state index is -0.988. The summed E-state index contributed by atoms with van der Waals surface area (Å²) in [5.41, 5.74) is 1.55. The molecular formula is C18H14N2O6S2. The van der Waals surface area contributed by atoms with Crippen molar-refractivity contribution in [2.24, 2.45) is 0 Å². The van der Waals surface area contributed by atoms with E-state index in [1.807, 2.05) is 0 Å². The summed E-state index contributed by atoms with van der Waals surface area (Å²) in [5, 5.41) is 22.7. The fraction of sp³-hybridized carbons (Fsp3) is 0.111. The Morgan fingerprint density at radius 1 is 0.750 bits per heavy atom. The summed E-state index contributed by atoms with van der Waals surface area (Å²) in [6.45, 7) is 0. The molecule has 28 heavy (non-hydrogen) atoms. The second-order valence-electron chi connectivity index (χ2n) is 5.71. The van der Waals surface area contributed by atoms with Crippen molar-refractivity contribution in [3.8, 4) is 0 Å². The monoisotopic (exact) mass is 418 g/mol. The van der Waals surface area contributed by atoms with E-state index in [1.54, 1.807) is 12.1 Å². The number of anilines is 2.